The van der Waals surface area contributed by atoms with Crippen LogP contribution >= 0.6 is 0 Å². The molecule has 31 heavy (non-hydrogen) atoms. The number of fused-ring (bicyclic) bond motifs is 3. The number of aromatic nitrogens is 1. The van der Waals surface area contributed by atoms with Crippen LogP contribution in [0.3, 0.4) is 0 Å². The highest BCUT2D eigenvalue weighted by atomic mass is 16.2. The van der Waals surface area contributed by atoms with Gasteiger partial charge in [0.05, 0.1) is 0 Å². The first-order chi connectivity index (χ1) is 15.0. The van der Waals surface area contributed by atoms with Gasteiger partial charge in [-0.3, -0.25) is 14.5 Å². The summed E-state index contributed by atoms with van der Waals surface area (Å²) in [5, 5.41) is 8.01. The Bertz CT molecular complexity index is 1210. The van der Waals surface area contributed by atoms with E-state index >= 15 is 0 Å². The zero-order valence-electron chi connectivity index (χ0n) is 17.6. The number of benzene rings is 2. The molecule has 2 aromatic carbocycles. The minimum atomic E-state index is -0.730. The predicted molar refractivity (Wildman–Crippen MR) is 120 cm³/mol. The lowest BCUT2D eigenvalue weighted by Crippen LogP contribution is -2.44. The van der Waals surface area contributed by atoms with E-state index in [1.807, 2.05) is 30.3 Å². The summed E-state index contributed by atoms with van der Waals surface area (Å²) < 4.78 is 2.26. The molecule has 7 heteroatoms. The summed E-state index contributed by atoms with van der Waals surface area (Å²) in [4.78, 5) is 38.8. The molecular formula is C24H26N4O3. The Kier molecular flexibility index (Phi) is 4.68. The van der Waals surface area contributed by atoms with Gasteiger partial charge in [-0.05, 0) is 44.0 Å². The maximum atomic E-state index is 12.7. The summed E-state index contributed by atoms with van der Waals surface area (Å²) >= 11 is 0. The Hall–Kier alpha value is -3.35. The zero-order chi connectivity index (χ0) is 21.6. The van der Waals surface area contributed by atoms with Crippen molar-refractivity contribution >= 4 is 45.3 Å². The Labute approximate surface area is 180 Å². The highest BCUT2D eigenvalue weighted by molar-refractivity contribution is 6.10. The van der Waals surface area contributed by atoms with Crippen LogP contribution in [0.25, 0.3) is 21.8 Å². The van der Waals surface area contributed by atoms with Crippen molar-refractivity contribution in [2.24, 2.45) is 0 Å². The van der Waals surface area contributed by atoms with Gasteiger partial charge in [-0.25, -0.2) is 4.79 Å². The van der Waals surface area contributed by atoms with Crippen LogP contribution in [0.5, 0.6) is 0 Å². The van der Waals surface area contributed by atoms with E-state index in [-0.39, 0.29) is 30.8 Å². The molecular weight excluding hydrogens is 392 g/mol. The van der Waals surface area contributed by atoms with Crippen LogP contribution in [0.1, 0.15) is 39.0 Å². The molecule has 1 saturated carbocycles. The van der Waals surface area contributed by atoms with Gasteiger partial charge in [0.25, 0.3) is 5.91 Å². The second kappa shape index (κ2) is 7.41. The summed E-state index contributed by atoms with van der Waals surface area (Å²) in [5.41, 5.74) is 2.28. The normalized spacial score (nSPS) is 17.8. The standard InChI is InChI=1S/C24H26N4O3/c1-2-27-19-8-4-3-7-17(19)18-15-16(9-10-20(18)27)25-21(29)11-14-28-22(30)24(26-23(28)31)12-5-6-13-24/h3-4,7-10,15H,2,5-6,11-14H2,1H3,(H,25,29)(H,26,31). The molecule has 5 rings (SSSR count). The number of nitrogens with one attached hydrogen (secondary N) is 2. The van der Waals surface area contributed by atoms with Crippen LogP contribution in [0.4, 0.5) is 10.5 Å². The fourth-order valence-electron chi connectivity index (χ4n) is 5.11. The van der Waals surface area contributed by atoms with E-state index in [1.165, 1.54) is 10.4 Å². The van der Waals surface area contributed by atoms with Crippen molar-refractivity contribution in [3.05, 3.63) is 42.5 Å². The monoisotopic (exact) mass is 418 g/mol. The Balaban J connectivity index is 1.30. The molecule has 2 aliphatic rings. The van der Waals surface area contributed by atoms with Crippen molar-refractivity contribution < 1.29 is 14.4 Å². The number of carbonyl (C=O) groups excluding carboxylic acids is 3. The van der Waals surface area contributed by atoms with E-state index in [4.69, 9.17) is 0 Å². The van der Waals surface area contributed by atoms with Crippen LogP contribution in [0, 0.1) is 0 Å². The summed E-state index contributed by atoms with van der Waals surface area (Å²) in [6.45, 7) is 3.08. The van der Waals surface area contributed by atoms with Gasteiger partial charge >= 0.3 is 6.03 Å². The van der Waals surface area contributed by atoms with Gasteiger partial charge in [-0.2, -0.15) is 0 Å². The van der Waals surface area contributed by atoms with Crippen molar-refractivity contribution in [1.82, 2.24) is 14.8 Å². The molecule has 1 aliphatic carbocycles. The van der Waals surface area contributed by atoms with Crippen molar-refractivity contribution in [3.63, 3.8) is 0 Å². The second-order valence-corrected chi connectivity index (χ2v) is 8.47. The van der Waals surface area contributed by atoms with Gasteiger partial charge in [0, 0.05) is 47.0 Å². The van der Waals surface area contributed by atoms with Gasteiger partial charge in [-0.15, -0.1) is 0 Å². The number of rotatable bonds is 5. The highest BCUT2D eigenvalue weighted by Gasteiger charge is 2.52. The van der Waals surface area contributed by atoms with E-state index in [0.717, 1.165) is 35.7 Å². The summed E-state index contributed by atoms with van der Waals surface area (Å²) in [7, 11) is 0. The van der Waals surface area contributed by atoms with Gasteiger partial charge in [-0.1, -0.05) is 31.0 Å². The lowest BCUT2D eigenvalue weighted by molar-refractivity contribution is -0.131. The largest absolute Gasteiger partial charge is 0.341 e. The number of aryl methyl sites for hydroxylation is 1. The van der Waals surface area contributed by atoms with Crippen molar-refractivity contribution in [3.8, 4) is 0 Å². The molecule has 0 radical (unpaired) electrons. The average Bonchev–Trinajstić information content (AvgIpc) is 3.42. The fraction of sp³-hybridized carbons (Fsp3) is 0.375. The van der Waals surface area contributed by atoms with Crippen LogP contribution in [0.15, 0.2) is 42.5 Å². The van der Waals surface area contributed by atoms with E-state index in [9.17, 15) is 14.4 Å². The van der Waals surface area contributed by atoms with Crippen LogP contribution in [-0.4, -0.2) is 39.4 Å². The zero-order valence-corrected chi connectivity index (χ0v) is 17.6. The molecule has 0 atom stereocenters. The SMILES string of the molecule is CCn1c2ccccc2c2cc(NC(=O)CCN3C(=O)NC4(CCCC4)C3=O)ccc21. The third-order valence-electron chi connectivity index (χ3n) is 6.64. The molecule has 0 bridgehead atoms. The molecule has 160 valence electrons. The highest BCUT2D eigenvalue weighted by Crippen LogP contribution is 2.35. The number of hydrogen-bond acceptors (Lipinski definition) is 3. The van der Waals surface area contributed by atoms with E-state index in [1.54, 1.807) is 0 Å². The van der Waals surface area contributed by atoms with Crippen LogP contribution < -0.4 is 10.6 Å². The fourth-order valence-corrected chi connectivity index (χ4v) is 5.11. The number of para-hydroxylation sites is 1. The summed E-state index contributed by atoms with van der Waals surface area (Å²) in [5.74, 6) is -0.400. The number of hydrogen-bond donors (Lipinski definition) is 2. The number of urea groups is 1. The molecule has 2 heterocycles. The average molecular weight is 418 g/mol. The molecule has 2 fully saturated rings. The van der Waals surface area contributed by atoms with Gasteiger partial charge in [0.1, 0.15) is 5.54 Å². The number of carbonyl (C=O) groups is 3. The topological polar surface area (TPSA) is 83.4 Å². The summed E-state index contributed by atoms with van der Waals surface area (Å²) in [6.07, 6.45) is 3.33. The van der Waals surface area contributed by atoms with Gasteiger partial charge < -0.3 is 15.2 Å². The van der Waals surface area contributed by atoms with Crippen LogP contribution in [0.2, 0.25) is 0 Å². The van der Waals surface area contributed by atoms with E-state index in [2.05, 4.69) is 34.3 Å². The van der Waals surface area contributed by atoms with Gasteiger partial charge in [0.2, 0.25) is 5.91 Å². The first-order valence-electron chi connectivity index (χ1n) is 11.0. The van der Waals surface area contributed by atoms with Crippen molar-refractivity contribution in [2.75, 3.05) is 11.9 Å². The first-order valence-corrected chi connectivity index (χ1v) is 11.0. The Morgan fingerprint density at radius 3 is 2.58 bits per heavy atom. The third kappa shape index (κ3) is 3.15. The smallest absolute Gasteiger partial charge is 0.325 e. The predicted octanol–water partition coefficient (Wildman–Crippen LogP) is 4.01. The lowest BCUT2D eigenvalue weighted by Gasteiger charge is -2.19. The maximum absolute atomic E-state index is 12.7. The molecule has 3 aromatic rings. The quantitative estimate of drug-likeness (QED) is 0.614. The first kappa shape index (κ1) is 19.6. The molecule has 2 N–H and O–H groups in total. The second-order valence-electron chi connectivity index (χ2n) is 8.47. The Morgan fingerprint density at radius 1 is 1.06 bits per heavy atom. The molecule has 0 unspecified atom stereocenters. The number of imide groups is 1. The summed E-state index contributed by atoms with van der Waals surface area (Å²) in [6, 6.07) is 13.8. The van der Waals surface area contributed by atoms with Crippen molar-refractivity contribution in [2.45, 2.75) is 51.1 Å². The lowest BCUT2D eigenvalue weighted by atomic mass is 9.98. The molecule has 7 nitrogen and oxygen atoms in total. The molecule has 4 amide bonds. The third-order valence-corrected chi connectivity index (χ3v) is 6.64. The number of nitrogens with zero attached hydrogens (tertiary/aromatic N) is 2. The molecule has 1 spiro atoms. The van der Waals surface area contributed by atoms with Gasteiger partial charge in [0.15, 0.2) is 0 Å². The molecule has 1 aliphatic heterocycles. The molecule has 1 aromatic heterocycles. The minimum absolute atomic E-state index is 0.0734. The van der Waals surface area contributed by atoms with Crippen LogP contribution in [-0.2, 0) is 16.1 Å². The van der Waals surface area contributed by atoms with Crippen molar-refractivity contribution in [1.29, 1.82) is 0 Å². The Morgan fingerprint density at radius 2 is 1.81 bits per heavy atom. The number of anilines is 1. The maximum Gasteiger partial charge on any atom is 0.325 e. The minimum Gasteiger partial charge on any atom is -0.341 e. The van der Waals surface area contributed by atoms with E-state index < -0.39 is 5.54 Å². The van der Waals surface area contributed by atoms with E-state index in [0.29, 0.717) is 18.5 Å². The number of amides is 4. The molecule has 1 saturated heterocycles.